The Morgan fingerprint density at radius 3 is 2.64 bits per heavy atom. The summed E-state index contributed by atoms with van der Waals surface area (Å²) in [5.41, 5.74) is 1.21. The summed E-state index contributed by atoms with van der Waals surface area (Å²) in [5, 5.41) is 0. The average molecular weight is 145 g/mol. The highest BCUT2D eigenvalue weighted by molar-refractivity contribution is 5.65. The number of benzene rings is 1. The lowest BCUT2D eigenvalue weighted by molar-refractivity contribution is 0.564. The van der Waals surface area contributed by atoms with Gasteiger partial charge in [0.2, 0.25) is 6.29 Å². The van der Waals surface area contributed by atoms with Crippen LogP contribution in [-0.4, -0.2) is 6.29 Å². The van der Waals surface area contributed by atoms with Crippen molar-refractivity contribution in [2.75, 3.05) is 0 Å². The molecule has 1 rings (SSSR count). The highest BCUT2D eigenvalue weighted by Crippen LogP contribution is 1.99. The molecule has 0 aliphatic carbocycles. The van der Waals surface area contributed by atoms with Gasteiger partial charge in [0.05, 0.1) is 0 Å². The van der Waals surface area contributed by atoms with E-state index in [1.165, 1.54) is 11.6 Å². The largest absolute Gasteiger partial charge is 0.286 e. The van der Waals surface area contributed by atoms with E-state index in [1.807, 2.05) is 30.3 Å². The van der Waals surface area contributed by atoms with Crippen molar-refractivity contribution in [3.05, 3.63) is 48.0 Å². The van der Waals surface area contributed by atoms with Crippen LogP contribution in [0.15, 0.2) is 42.5 Å². The summed E-state index contributed by atoms with van der Waals surface area (Å²) in [7, 11) is 0. The van der Waals surface area contributed by atoms with Gasteiger partial charge in [0.15, 0.2) is 0 Å². The number of carbonyl (C=O) groups excluding carboxylic acids is 1. The van der Waals surface area contributed by atoms with E-state index >= 15 is 0 Å². The Balaban J connectivity index is 2.51. The van der Waals surface area contributed by atoms with Crippen molar-refractivity contribution in [1.29, 1.82) is 0 Å². The first-order valence-electron chi connectivity index (χ1n) is 3.50. The molecule has 0 aromatic heterocycles. The maximum atomic E-state index is 9.78. The van der Waals surface area contributed by atoms with Gasteiger partial charge in [0.1, 0.15) is 0 Å². The van der Waals surface area contributed by atoms with Crippen molar-refractivity contribution in [3.63, 3.8) is 0 Å². The van der Waals surface area contributed by atoms with Crippen molar-refractivity contribution in [3.8, 4) is 0 Å². The van der Waals surface area contributed by atoms with E-state index in [0.717, 1.165) is 6.42 Å². The lowest BCUT2D eigenvalue weighted by Gasteiger charge is -1.91. The van der Waals surface area contributed by atoms with Crippen LogP contribution in [0.4, 0.5) is 0 Å². The van der Waals surface area contributed by atoms with Gasteiger partial charge >= 0.3 is 0 Å². The lowest BCUT2D eigenvalue weighted by Crippen LogP contribution is -1.77. The molecule has 1 radical (unpaired) electrons. The minimum atomic E-state index is 0.802. The number of rotatable bonds is 3. The number of hydrogen-bond acceptors (Lipinski definition) is 1. The molecule has 11 heavy (non-hydrogen) atoms. The van der Waals surface area contributed by atoms with Crippen LogP contribution in [0, 0.1) is 0 Å². The van der Waals surface area contributed by atoms with Gasteiger partial charge in [0.25, 0.3) is 0 Å². The van der Waals surface area contributed by atoms with Gasteiger partial charge in [-0.05, 0) is 18.1 Å². The summed E-state index contributed by atoms with van der Waals surface area (Å²) in [6.45, 7) is 0. The predicted octanol–water partition coefficient (Wildman–Crippen LogP) is 1.90. The standard InChI is InChI=1S/C10H9O/c11-9-5-4-8-10-6-2-1-3-7-10/h1-7H,8H2. The summed E-state index contributed by atoms with van der Waals surface area (Å²) in [6.07, 6.45) is 5.70. The molecular weight excluding hydrogens is 136 g/mol. The first-order valence-corrected chi connectivity index (χ1v) is 3.50. The van der Waals surface area contributed by atoms with Crippen molar-refractivity contribution in [1.82, 2.24) is 0 Å². The quantitative estimate of drug-likeness (QED) is 0.593. The van der Waals surface area contributed by atoms with Crippen molar-refractivity contribution in [2.24, 2.45) is 0 Å². The second kappa shape index (κ2) is 4.45. The summed E-state index contributed by atoms with van der Waals surface area (Å²) in [6, 6.07) is 9.98. The van der Waals surface area contributed by atoms with Gasteiger partial charge in [0, 0.05) is 0 Å². The maximum Gasteiger partial charge on any atom is 0.225 e. The minimum absolute atomic E-state index is 0.802. The fourth-order valence-corrected chi connectivity index (χ4v) is 0.857. The predicted molar refractivity (Wildman–Crippen MR) is 45.0 cm³/mol. The zero-order valence-electron chi connectivity index (χ0n) is 6.16. The Bertz CT molecular complexity index is 236. The molecule has 0 spiro atoms. The first kappa shape index (κ1) is 7.73. The van der Waals surface area contributed by atoms with Gasteiger partial charge in [-0.1, -0.05) is 36.4 Å². The highest BCUT2D eigenvalue weighted by atomic mass is 16.1. The molecule has 0 bridgehead atoms. The second-order valence-corrected chi connectivity index (χ2v) is 2.21. The van der Waals surface area contributed by atoms with E-state index in [4.69, 9.17) is 0 Å². The van der Waals surface area contributed by atoms with Crippen LogP contribution in [0.25, 0.3) is 0 Å². The van der Waals surface area contributed by atoms with E-state index in [2.05, 4.69) is 0 Å². The molecule has 55 valence electrons. The Morgan fingerprint density at radius 2 is 2.00 bits per heavy atom. The molecule has 0 fully saturated rings. The fourth-order valence-electron chi connectivity index (χ4n) is 0.857. The summed E-state index contributed by atoms with van der Waals surface area (Å²) in [5.74, 6) is 0. The Hall–Kier alpha value is -1.37. The van der Waals surface area contributed by atoms with Crippen LogP contribution in [0.3, 0.4) is 0 Å². The van der Waals surface area contributed by atoms with E-state index in [9.17, 15) is 4.79 Å². The SMILES string of the molecule is O=[C]C=CCc1ccccc1. The monoisotopic (exact) mass is 145 g/mol. The first-order chi connectivity index (χ1) is 5.43. The molecule has 1 aromatic carbocycles. The molecule has 0 unspecified atom stereocenters. The molecule has 0 aliphatic heterocycles. The molecular formula is C10H9O. The van der Waals surface area contributed by atoms with Crippen LogP contribution in [0.5, 0.6) is 0 Å². The molecule has 0 saturated carbocycles. The maximum absolute atomic E-state index is 9.78. The molecule has 0 amide bonds. The van der Waals surface area contributed by atoms with Crippen LogP contribution in [0.1, 0.15) is 5.56 Å². The van der Waals surface area contributed by atoms with E-state index in [1.54, 1.807) is 12.4 Å². The third-order valence-corrected chi connectivity index (χ3v) is 1.38. The fraction of sp³-hybridized carbons (Fsp3) is 0.100. The Morgan fingerprint density at radius 1 is 1.27 bits per heavy atom. The molecule has 1 heteroatoms. The van der Waals surface area contributed by atoms with Crippen LogP contribution in [-0.2, 0) is 11.2 Å². The molecule has 1 aromatic rings. The molecule has 1 nitrogen and oxygen atoms in total. The van der Waals surface area contributed by atoms with E-state index in [-0.39, 0.29) is 0 Å². The minimum Gasteiger partial charge on any atom is -0.286 e. The molecule has 0 saturated heterocycles. The molecule has 0 atom stereocenters. The van der Waals surface area contributed by atoms with Crippen molar-refractivity contribution >= 4 is 6.29 Å². The Labute approximate surface area is 66.4 Å². The van der Waals surface area contributed by atoms with Crippen LogP contribution in [0.2, 0.25) is 0 Å². The van der Waals surface area contributed by atoms with Crippen molar-refractivity contribution < 1.29 is 4.79 Å². The van der Waals surface area contributed by atoms with Crippen LogP contribution >= 0.6 is 0 Å². The Kier molecular flexibility index (Phi) is 3.13. The number of hydrogen-bond donors (Lipinski definition) is 0. The molecule has 0 heterocycles. The third-order valence-electron chi connectivity index (χ3n) is 1.38. The van der Waals surface area contributed by atoms with Gasteiger partial charge in [-0.3, -0.25) is 4.79 Å². The zero-order valence-corrected chi connectivity index (χ0v) is 6.16. The van der Waals surface area contributed by atoms with Gasteiger partial charge in [-0.2, -0.15) is 0 Å². The normalized spacial score (nSPS) is 10.2. The van der Waals surface area contributed by atoms with E-state index in [0.29, 0.717) is 0 Å². The van der Waals surface area contributed by atoms with Gasteiger partial charge < -0.3 is 0 Å². The summed E-state index contributed by atoms with van der Waals surface area (Å²) in [4.78, 5) is 9.78. The zero-order chi connectivity index (χ0) is 7.94. The van der Waals surface area contributed by atoms with Crippen molar-refractivity contribution in [2.45, 2.75) is 6.42 Å². The third kappa shape index (κ3) is 2.80. The lowest BCUT2D eigenvalue weighted by atomic mass is 10.1. The summed E-state index contributed by atoms with van der Waals surface area (Å²) >= 11 is 0. The van der Waals surface area contributed by atoms with Gasteiger partial charge in [-0.15, -0.1) is 0 Å². The highest BCUT2D eigenvalue weighted by Gasteiger charge is 1.84. The van der Waals surface area contributed by atoms with E-state index < -0.39 is 0 Å². The van der Waals surface area contributed by atoms with Gasteiger partial charge in [-0.25, -0.2) is 0 Å². The smallest absolute Gasteiger partial charge is 0.225 e. The summed E-state index contributed by atoms with van der Waals surface area (Å²) < 4.78 is 0. The molecule has 0 N–H and O–H groups in total. The average Bonchev–Trinajstić information content (AvgIpc) is 2.07. The second-order valence-electron chi connectivity index (χ2n) is 2.21. The van der Waals surface area contributed by atoms with Crippen LogP contribution < -0.4 is 0 Å². The number of allylic oxidation sites excluding steroid dienone is 2. The topological polar surface area (TPSA) is 17.1 Å². The molecule has 0 aliphatic rings.